The van der Waals surface area contributed by atoms with E-state index in [9.17, 15) is 0 Å². The smallest absolute Gasteiger partial charge is 0.166 e. The third-order valence-electron chi connectivity index (χ3n) is 10.3. The highest BCUT2D eigenvalue weighted by atomic mass is 15.2. The van der Waals surface area contributed by atoms with E-state index in [2.05, 4.69) is 193 Å². The average molecular weight is 703 g/mol. The third kappa shape index (κ3) is 6.06. The van der Waals surface area contributed by atoms with Gasteiger partial charge in [0.15, 0.2) is 17.5 Å². The Morgan fingerprint density at radius 2 is 0.764 bits per heavy atom. The molecule has 9 aromatic carbocycles. The van der Waals surface area contributed by atoms with Gasteiger partial charge in [-0.3, -0.25) is 0 Å². The number of fused-ring (bicyclic) bond motifs is 5. The number of benzene rings is 9. The van der Waals surface area contributed by atoms with Crippen LogP contribution in [0.3, 0.4) is 0 Å². The Kier molecular flexibility index (Phi) is 8.12. The monoisotopic (exact) mass is 702 g/mol. The van der Waals surface area contributed by atoms with Gasteiger partial charge in [0.1, 0.15) is 0 Å². The van der Waals surface area contributed by atoms with Crippen molar-refractivity contribution in [3.8, 4) is 45.3 Å². The van der Waals surface area contributed by atoms with Crippen molar-refractivity contribution in [2.75, 3.05) is 4.90 Å². The van der Waals surface area contributed by atoms with Crippen LogP contribution in [-0.4, -0.2) is 15.0 Å². The molecule has 258 valence electrons. The molecule has 0 saturated carbocycles. The zero-order valence-electron chi connectivity index (χ0n) is 29.9. The number of para-hydroxylation sites is 3. The molecule has 0 aliphatic rings. The molecular formula is C51H34N4. The lowest BCUT2D eigenvalue weighted by Crippen LogP contribution is -2.12. The van der Waals surface area contributed by atoms with Crippen molar-refractivity contribution >= 4 is 49.4 Å². The van der Waals surface area contributed by atoms with Gasteiger partial charge in [-0.1, -0.05) is 164 Å². The highest BCUT2D eigenvalue weighted by molar-refractivity contribution is 6.17. The van der Waals surface area contributed by atoms with Crippen LogP contribution in [0.4, 0.5) is 17.1 Å². The van der Waals surface area contributed by atoms with Gasteiger partial charge in [0, 0.05) is 28.1 Å². The number of hydrogen-bond acceptors (Lipinski definition) is 4. The summed E-state index contributed by atoms with van der Waals surface area (Å²) >= 11 is 0. The molecule has 55 heavy (non-hydrogen) atoms. The Morgan fingerprint density at radius 3 is 1.47 bits per heavy atom. The van der Waals surface area contributed by atoms with E-state index in [1.54, 1.807) is 0 Å². The fourth-order valence-electron chi connectivity index (χ4n) is 7.60. The summed E-state index contributed by atoms with van der Waals surface area (Å²) in [6.07, 6.45) is 0. The van der Waals surface area contributed by atoms with E-state index in [-0.39, 0.29) is 0 Å². The maximum absolute atomic E-state index is 5.26. The van der Waals surface area contributed by atoms with Crippen LogP contribution in [0.25, 0.3) is 77.6 Å². The van der Waals surface area contributed by atoms with Gasteiger partial charge in [-0.05, 0) is 85.9 Å². The molecule has 0 fully saturated rings. The number of nitrogens with zero attached hydrogens (tertiary/aromatic N) is 4. The van der Waals surface area contributed by atoms with Gasteiger partial charge in [0.2, 0.25) is 0 Å². The molecule has 0 unspecified atom stereocenters. The SMILES string of the molecule is c1ccc(-c2ccc(-c3nc(-c4ccc5c(ccc6c7ccccc7ccc56)c4)nc(-c4ccccc4N(c4ccccc4)c4ccccc4)n3)cc2)cc1. The molecule has 0 aliphatic heterocycles. The minimum absolute atomic E-state index is 0.602. The second-order valence-electron chi connectivity index (χ2n) is 13.7. The normalized spacial score (nSPS) is 11.3. The summed E-state index contributed by atoms with van der Waals surface area (Å²) in [6, 6.07) is 72.2. The molecule has 0 atom stereocenters. The van der Waals surface area contributed by atoms with Gasteiger partial charge in [-0.2, -0.15) is 0 Å². The van der Waals surface area contributed by atoms with E-state index in [0.29, 0.717) is 17.5 Å². The summed E-state index contributed by atoms with van der Waals surface area (Å²) in [4.78, 5) is 17.9. The fraction of sp³-hybridized carbons (Fsp3) is 0. The Morgan fingerprint density at radius 1 is 0.291 bits per heavy atom. The van der Waals surface area contributed by atoms with Gasteiger partial charge in [-0.25, -0.2) is 15.0 Å². The molecule has 0 spiro atoms. The van der Waals surface area contributed by atoms with Crippen molar-refractivity contribution < 1.29 is 0 Å². The molecule has 0 N–H and O–H groups in total. The Balaban J connectivity index is 1.15. The molecule has 10 rings (SSSR count). The fourth-order valence-corrected chi connectivity index (χ4v) is 7.60. The molecular weight excluding hydrogens is 669 g/mol. The highest BCUT2D eigenvalue weighted by Crippen LogP contribution is 2.41. The molecule has 0 radical (unpaired) electrons. The predicted octanol–water partition coefficient (Wildman–Crippen LogP) is 13.5. The molecule has 10 aromatic rings. The lowest BCUT2D eigenvalue weighted by molar-refractivity contribution is 1.07. The first kappa shape index (κ1) is 32.2. The van der Waals surface area contributed by atoms with Crippen LogP contribution >= 0.6 is 0 Å². The third-order valence-corrected chi connectivity index (χ3v) is 10.3. The first-order chi connectivity index (χ1) is 27.3. The van der Waals surface area contributed by atoms with Crippen molar-refractivity contribution in [1.29, 1.82) is 0 Å². The van der Waals surface area contributed by atoms with Crippen LogP contribution in [0.15, 0.2) is 206 Å². The summed E-state index contributed by atoms with van der Waals surface area (Å²) in [6.45, 7) is 0. The van der Waals surface area contributed by atoms with Crippen LogP contribution in [0.5, 0.6) is 0 Å². The van der Waals surface area contributed by atoms with Crippen molar-refractivity contribution in [1.82, 2.24) is 15.0 Å². The first-order valence-corrected chi connectivity index (χ1v) is 18.5. The van der Waals surface area contributed by atoms with Gasteiger partial charge < -0.3 is 4.90 Å². The molecule has 1 heterocycles. The number of rotatable bonds is 7. The summed E-state index contributed by atoms with van der Waals surface area (Å²) in [5.74, 6) is 1.84. The largest absolute Gasteiger partial charge is 0.310 e. The highest BCUT2D eigenvalue weighted by Gasteiger charge is 2.20. The van der Waals surface area contributed by atoms with E-state index in [1.165, 1.54) is 32.5 Å². The zero-order chi connectivity index (χ0) is 36.6. The van der Waals surface area contributed by atoms with Gasteiger partial charge in [0.25, 0.3) is 0 Å². The molecule has 0 bridgehead atoms. The summed E-state index contributed by atoms with van der Waals surface area (Å²) in [5, 5.41) is 7.32. The van der Waals surface area contributed by atoms with Crippen LogP contribution in [0.1, 0.15) is 0 Å². The molecule has 1 aromatic heterocycles. The predicted molar refractivity (Wildman–Crippen MR) is 229 cm³/mol. The van der Waals surface area contributed by atoms with Gasteiger partial charge >= 0.3 is 0 Å². The lowest BCUT2D eigenvalue weighted by atomic mass is 9.96. The minimum atomic E-state index is 0.602. The van der Waals surface area contributed by atoms with Crippen LogP contribution in [-0.2, 0) is 0 Å². The number of anilines is 3. The standard InChI is InChI=1S/C51H34N4/c1-4-14-35(15-5-1)36-24-26-38(27-25-36)49-52-50(40-30-31-44-39(34-40)29-33-45-43-21-11-10-16-37(43)28-32-46(44)45)54-51(53-49)47-22-12-13-23-48(47)55(41-17-6-2-7-18-41)42-19-8-3-9-20-42/h1-34H. The minimum Gasteiger partial charge on any atom is -0.310 e. The van der Waals surface area contributed by atoms with Crippen molar-refractivity contribution in [3.05, 3.63) is 206 Å². The van der Waals surface area contributed by atoms with Crippen molar-refractivity contribution in [2.45, 2.75) is 0 Å². The van der Waals surface area contributed by atoms with E-state index >= 15 is 0 Å². The Labute approximate surface area is 319 Å². The number of aromatic nitrogens is 3. The summed E-state index contributed by atoms with van der Waals surface area (Å²) < 4.78 is 0. The zero-order valence-corrected chi connectivity index (χ0v) is 29.9. The van der Waals surface area contributed by atoms with Gasteiger partial charge in [0.05, 0.1) is 5.69 Å². The first-order valence-electron chi connectivity index (χ1n) is 18.5. The van der Waals surface area contributed by atoms with Crippen molar-refractivity contribution in [2.24, 2.45) is 0 Å². The number of hydrogen-bond donors (Lipinski definition) is 0. The molecule has 4 nitrogen and oxygen atoms in total. The lowest BCUT2D eigenvalue weighted by Gasteiger charge is -2.27. The second-order valence-corrected chi connectivity index (χ2v) is 13.7. The molecule has 0 saturated heterocycles. The van der Waals surface area contributed by atoms with Gasteiger partial charge in [-0.15, -0.1) is 0 Å². The molecule has 4 heteroatoms. The Hall–Kier alpha value is -7.43. The topological polar surface area (TPSA) is 41.9 Å². The van der Waals surface area contributed by atoms with Crippen LogP contribution in [0.2, 0.25) is 0 Å². The maximum atomic E-state index is 5.26. The Bertz CT molecular complexity index is 2920. The summed E-state index contributed by atoms with van der Waals surface area (Å²) in [7, 11) is 0. The van der Waals surface area contributed by atoms with E-state index in [1.807, 2.05) is 18.2 Å². The second kappa shape index (κ2) is 13.8. The van der Waals surface area contributed by atoms with E-state index in [0.717, 1.165) is 44.7 Å². The molecule has 0 aliphatic carbocycles. The average Bonchev–Trinajstić information content (AvgIpc) is 3.27. The summed E-state index contributed by atoms with van der Waals surface area (Å²) in [5.41, 5.74) is 8.11. The quantitative estimate of drug-likeness (QED) is 0.155. The van der Waals surface area contributed by atoms with E-state index < -0.39 is 0 Å². The van der Waals surface area contributed by atoms with Crippen LogP contribution in [0, 0.1) is 0 Å². The van der Waals surface area contributed by atoms with Crippen molar-refractivity contribution in [3.63, 3.8) is 0 Å². The maximum Gasteiger partial charge on any atom is 0.166 e. The van der Waals surface area contributed by atoms with Crippen LogP contribution < -0.4 is 4.90 Å². The van der Waals surface area contributed by atoms with E-state index in [4.69, 9.17) is 15.0 Å². The molecule has 0 amide bonds.